The van der Waals surface area contributed by atoms with Crippen molar-refractivity contribution in [1.29, 1.82) is 0 Å². The van der Waals surface area contributed by atoms with E-state index in [1.54, 1.807) is 0 Å². The molecule has 0 aliphatic carbocycles. The van der Waals surface area contributed by atoms with Gasteiger partial charge < -0.3 is 14.3 Å². The maximum atomic E-state index is 12.4. The summed E-state index contributed by atoms with van der Waals surface area (Å²) in [4.78, 5) is 16.9. The summed E-state index contributed by atoms with van der Waals surface area (Å²) in [5.41, 5.74) is 1.73. The molecular formula is C23H30N2O4. The van der Waals surface area contributed by atoms with Crippen LogP contribution in [0.4, 0.5) is 0 Å². The van der Waals surface area contributed by atoms with Gasteiger partial charge in [0.15, 0.2) is 0 Å². The summed E-state index contributed by atoms with van der Waals surface area (Å²) in [6.45, 7) is 5.04. The van der Waals surface area contributed by atoms with Crippen molar-refractivity contribution < 1.29 is 14.3 Å². The van der Waals surface area contributed by atoms with Crippen LogP contribution in [0.5, 0.6) is 5.75 Å². The Morgan fingerprint density at radius 1 is 0.966 bits per heavy atom. The molecule has 1 atom stereocenters. The Morgan fingerprint density at radius 3 is 2.48 bits per heavy atom. The van der Waals surface area contributed by atoms with Crippen LogP contribution in [-0.2, 0) is 17.8 Å². The highest BCUT2D eigenvalue weighted by molar-refractivity contribution is 5.36. The molecule has 2 aromatic rings. The topological polar surface area (TPSA) is 66.2 Å². The van der Waals surface area contributed by atoms with E-state index in [1.807, 2.05) is 18.2 Å². The van der Waals surface area contributed by atoms with Crippen LogP contribution < -0.4 is 5.63 Å². The predicted octanol–water partition coefficient (Wildman–Crippen LogP) is 3.29. The Morgan fingerprint density at radius 2 is 1.72 bits per heavy atom. The van der Waals surface area contributed by atoms with E-state index in [2.05, 4.69) is 21.9 Å². The van der Waals surface area contributed by atoms with Crippen molar-refractivity contribution in [2.45, 2.75) is 44.9 Å². The lowest BCUT2D eigenvalue weighted by Gasteiger charge is -2.33. The van der Waals surface area contributed by atoms with Crippen molar-refractivity contribution >= 4 is 0 Å². The smallest absolute Gasteiger partial charge is 0.343 e. The van der Waals surface area contributed by atoms with Crippen molar-refractivity contribution in [2.24, 2.45) is 0 Å². The fourth-order valence-electron chi connectivity index (χ4n) is 4.27. The third-order valence-corrected chi connectivity index (χ3v) is 5.94. The second-order valence-electron chi connectivity index (χ2n) is 8.07. The average molecular weight is 399 g/mol. The number of hydrogen-bond donors (Lipinski definition) is 1. The molecule has 1 aromatic heterocycles. The normalized spacial score (nSPS) is 21.7. The largest absolute Gasteiger partial charge is 0.507 e. The van der Waals surface area contributed by atoms with E-state index in [0.29, 0.717) is 37.4 Å². The fourth-order valence-corrected chi connectivity index (χ4v) is 4.27. The first-order valence-corrected chi connectivity index (χ1v) is 10.6. The van der Waals surface area contributed by atoms with E-state index in [-0.39, 0.29) is 11.9 Å². The lowest BCUT2D eigenvalue weighted by atomic mass is 10.1. The first-order chi connectivity index (χ1) is 14.2. The highest BCUT2D eigenvalue weighted by Gasteiger charge is 2.25. The number of morpholine rings is 1. The fraction of sp³-hybridized carbons (Fsp3) is 0.522. The number of nitrogens with zero attached hydrogens (tertiary/aromatic N) is 2. The van der Waals surface area contributed by atoms with E-state index in [4.69, 9.17) is 9.15 Å². The highest BCUT2D eigenvalue weighted by atomic mass is 16.5. The molecule has 156 valence electrons. The Kier molecular flexibility index (Phi) is 6.64. The predicted molar refractivity (Wildman–Crippen MR) is 111 cm³/mol. The molecule has 1 N–H and O–H groups in total. The molecule has 1 unspecified atom stereocenters. The van der Waals surface area contributed by atoms with Crippen LogP contribution in [0.15, 0.2) is 45.8 Å². The zero-order chi connectivity index (χ0) is 20.1. The SMILES string of the molecule is O=c1occ(CN2CCCCCC2)c(O)c1CN1CCOC(c2ccccc2)C1. The molecule has 4 rings (SSSR count). The lowest BCUT2D eigenvalue weighted by Crippen LogP contribution is -2.38. The zero-order valence-electron chi connectivity index (χ0n) is 16.9. The minimum Gasteiger partial charge on any atom is -0.507 e. The molecule has 3 heterocycles. The van der Waals surface area contributed by atoms with Gasteiger partial charge in [-0.15, -0.1) is 0 Å². The van der Waals surface area contributed by atoms with Crippen molar-refractivity contribution in [3.05, 3.63) is 63.7 Å². The van der Waals surface area contributed by atoms with Gasteiger partial charge in [-0.1, -0.05) is 43.2 Å². The molecule has 0 bridgehead atoms. The Labute approximate surface area is 171 Å². The zero-order valence-corrected chi connectivity index (χ0v) is 16.9. The quantitative estimate of drug-likeness (QED) is 0.834. The molecule has 0 radical (unpaired) electrons. The van der Waals surface area contributed by atoms with Gasteiger partial charge >= 0.3 is 5.63 Å². The summed E-state index contributed by atoms with van der Waals surface area (Å²) in [7, 11) is 0. The van der Waals surface area contributed by atoms with E-state index in [9.17, 15) is 9.90 Å². The maximum absolute atomic E-state index is 12.4. The average Bonchev–Trinajstić information content (AvgIpc) is 3.03. The van der Waals surface area contributed by atoms with Gasteiger partial charge in [0.1, 0.15) is 12.0 Å². The molecule has 29 heavy (non-hydrogen) atoms. The summed E-state index contributed by atoms with van der Waals surface area (Å²) < 4.78 is 11.2. The van der Waals surface area contributed by atoms with Crippen LogP contribution in [0, 0.1) is 0 Å². The molecule has 2 aliphatic rings. The first-order valence-electron chi connectivity index (χ1n) is 10.6. The van der Waals surface area contributed by atoms with Gasteiger partial charge in [0.2, 0.25) is 0 Å². The second-order valence-corrected chi connectivity index (χ2v) is 8.07. The van der Waals surface area contributed by atoms with E-state index in [1.165, 1.54) is 31.9 Å². The molecular weight excluding hydrogens is 368 g/mol. The molecule has 6 heteroatoms. The Bertz CT molecular complexity index is 844. The molecule has 2 saturated heterocycles. The van der Waals surface area contributed by atoms with Gasteiger partial charge in [-0.05, 0) is 31.5 Å². The second kappa shape index (κ2) is 9.57. The van der Waals surface area contributed by atoms with Crippen LogP contribution in [0.25, 0.3) is 0 Å². The molecule has 0 saturated carbocycles. The van der Waals surface area contributed by atoms with Crippen LogP contribution in [0.3, 0.4) is 0 Å². The highest BCUT2D eigenvalue weighted by Crippen LogP contribution is 2.27. The molecule has 2 fully saturated rings. The Hall–Kier alpha value is -2.15. The van der Waals surface area contributed by atoms with Crippen LogP contribution >= 0.6 is 0 Å². The summed E-state index contributed by atoms with van der Waals surface area (Å²) in [6, 6.07) is 10.1. The first kappa shape index (κ1) is 20.1. The van der Waals surface area contributed by atoms with Crippen LogP contribution in [-0.4, -0.2) is 47.7 Å². The molecule has 0 spiro atoms. The van der Waals surface area contributed by atoms with Gasteiger partial charge in [0, 0.05) is 31.7 Å². The summed E-state index contributed by atoms with van der Waals surface area (Å²) in [5, 5.41) is 10.8. The number of benzene rings is 1. The van der Waals surface area contributed by atoms with Gasteiger partial charge in [-0.2, -0.15) is 0 Å². The number of hydrogen-bond acceptors (Lipinski definition) is 6. The third-order valence-electron chi connectivity index (χ3n) is 5.94. The van der Waals surface area contributed by atoms with Crippen molar-refractivity contribution in [2.75, 3.05) is 32.8 Å². The summed E-state index contributed by atoms with van der Waals surface area (Å²) >= 11 is 0. The molecule has 1 aromatic carbocycles. The molecule has 0 amide bonds. The number of aromatic hydroxyl groups is 1. The van der Waals surface area contributed by atoms with Crippen molar-refractivity contribution in [1.82, 2.24) is 9.80 Å². The maximum Gasteiger partial charge on any atom is 0.343 e. The van der Waals surface area contributed by atoms with E-state index >= 15 is 0 Å². The van der Waals surface area contributed by atoms with Gasteiger partial charge in [-0.3, -0.25) is 9.80 Å². The minimum absolute atomic E-state index is 0.0283. The van der Waals surface area contributed by atoms with Crippen LogP contribution in [0.1, 0.15) is 48.5 Å². The van der Waals surface area contributed by atoms with Crippen molar-refractivity contribution in [3.63, 3.8) is 0 Å². The monoisotopic (exact) mass is 398 g/mol. The van der Waals surface area contributed by atoms with Gasteiger partial charge in [-0.25, -0.2) is 4.79 Å². The van der Waals surface area contributed by atoms with Gasteiger partial charge in [0.05, 0.1) is 18.3 Å². The number of likely N-dealkylation sites (tertiary alicyclic amines) is 1. The molecule has 6 nitrogen and oxygen atoms in total. The minimum atomic E-state index is -0.454. The van der Waals surface area contributed by atoms with Gasteiger partial charge in [0.25, 0.3) is 0 Å². The van der Waals surface area contributed by atoms with E-state index < -0.39 is 5.63 Å². The summed E-state index contributed by atoms with van der Waals surface area (Å²) in [6.07, 6.45) is 6.28. The molecule has 2 aliphatic heterocycles. The van der Waals surface area contributed by atoms with E-state index in [0.717, 1.165) is 25.2 Å². The standard InChI is InChI=1S/C23H30N2O4/c26-22-19(14-24-10-6-1-2-7-11-24)17-29-23(27)20(22)15-25-12-13-28-21(16-25)18-8-4-3-5-9-18/h3-5,8-9,17,21,26H,1-2,6-7,10-16H2. The Balaban J connectivity index is 1.47. The third kappa shape index (κ3) is 5.07. The lowest BCUT2D eigenvalue weighted by molar-refractivity contribution is -0.0334. The number of ether oxygens (including phenoxy) is 1. The van der Waals surface area contributed by atoms with Crippen LogP contribution in [0.2, 0.25) is 0 Å². The van der Waals surface area contributed by atoms with Crippen molar-refractivity contribution in [3.8, 4) is 5.75 Å². The summed E-state index contributed by atoms with van der Waals surface area (Å²) in [5.74, 6) is 0.0910. The number of rotatable bonds is 5.